The van der Waals surface area contributed by atoms with Gasteiger partial charge in [-0.1, -0.05) is 38.4 Å². The molecule has 0 heterocycles. The van der Waals surface area contributed by atoms with E-state index >= 15 is 0 Å². The lowest BCUT2D eigenvalue weighted by molar-refractivity contribution is 0.302. The van der Waals surface area contributed by atoms with Crippen molar-refractivity contribution >= 4 is 23.0 Å². The van der Waals surface area contributed by atoms with Gasteiger partial charge in [-0.2, -0.15) is 0 Å². The van der Waals surface area contributed by atoms with Crippen LogP contribution >= 0.6 is 11.6 Å². The molecular formula is C14H23ClN2. The van der Waals surface area contributed by atoms with Crippen LogP contribution in [0.4, 0.5) is 11.4 Å². The van der Waals surface area contributed by atoms with Gasteiger partial charge in [0.1, 0.15) is 0 Å². The molecule has 0 spiro atoms. The second-order valence-corrected chi connectivity index (χ2v) is 6.86. The van der Waals surface area contributed by atoms with E-state index in [9.17, 15) is 0 Å². The van der Waals surface area contributed by atoms with Gasteiger partial charge < -0.3 is 11.1 Å². The Kier molecular flexibility index (Phi) is 3.98. The van der Waals surface area contributed by atoms with Gasteiger partial charge in [0.15, 0.2) is 0 Å². The molecule has 0 fully saturated rings. The summed E-state index contributed by atoms with van der Waals surface area (Å²) < 4.78 is 0. The van der Waals surface area contributed by atoms with Gasteiger partial charge >= 0.3 is 0 Å². The quantitative estimate of drug-likeness (QED) is 0.777. The highest BCUT2D eigenvalue weighted by Crippen LogP contribution is 2.34. The van der Waals surface area contributed by atoms with Gasteiger partial charge in [0.05, 0.1) is 16.4 Å². The van der Waals surface area contributed by atoms with E-state index in [1.165, 1.54) is 0 Å². The minimum atomic E-state index is -0.0443. The molecule has 17 heavy (non-hydrogen) atoms. The van der Waals surface area contributed by atoms with Gasteiger partial charge in [-0.25, -0.2) is 0 Å². The van der Waals surface area contributed by atoms with Crippen molar-refractivity contribution in [2.45, 2.75) is 46.6 Å². The Morgan fingerprint density at radius 3 is 2.24 bits per heavy atom. The maximum absolute atomic E-state index is 6.16. The molecule has 0 aliphatic carbocycles. The number of rotatable bonds is 3. The molecule has 1 aromatic carbocycles. The lowest BCUT2D eigenvalue weighted by atomic mass is 9.81. The van der Waals surface area contributed by atoms with Crippen LogP contribution < -0.4 is 11.1 Å². The van der Waals surface area contributed by atoms with E-state index in [-0.39, 0.29) is 11.0 Å². The molecule has 0 saturated carbocycles. The van der Waals surface area contributed by atoms with Gasteiger partial charge in [-0.05, 0) is 37.8 Å². The van der Waals surface area contributed by atoms with Gasteiger partial charge in [-0.15, -0.1) is 0 Å². The van der Waals surface area contributed by atoms with E-state index in [0.717, 1.165) is 12.1 Å². The van der Waals surface area contributed by atoms with Crippen LogP contribution in [0.5, 0.6) is 0 Å². The Morgan fingerprint density at radius 2 is 1.76 bits per heavy atom. The van der Waals surface area contributed by atoms with Crippen molar-refractivity contribution in [3.63, 3.8) is 0 Å². The molecule has 2 nitrogen and oxygen atoms in total. The highest BCUT2D eigenvalue weighted by molar-refractivity contribution is 6.33. The molecule has 0 saturated heterocycles. The van der Waals surface area contributed by atoms with E-state index < -0.39 is 0 Å². The lowest BCUT2D eigenvalue weighted by Crippen LogP contribution is -2.35. The topological polar surface area (TPSA) is 38.0 Å². The molecule has 96 valence electrons. The van der Waals surface area contributed by atoms with E-state index in [0.29, 0.717) is 10.7 Å². The third-order valence-electron chi connectivity index (χ3n) is 2.48. The smallest absolute Gasteiger partial charge is 0.0767 e. The summed E-state index contributed by atoms with van der Waals surface area (Å²) in [5.74, 6) is 0. The summed E-state index contributed by atoms with van der Waals surface area (Å²) >= 11 is 6.16. The van der Waals surface area contributed by atoms with E-state index in [1.807, 2.05) is 18.2 Å². The summed E-state index contributed by atoms with van der Waals surface area (Å²) in [7, 11) is 0. The van der Waals surface area contributed by atoms with E-state index in [4.69, 9.17) is 17.3 Å². The maximum Gasteiger partial charge on any atom is 0.0767 e. The van der Waals surface area contributed by atoms with Gasteiger partial charge in [0.25, 0.3) is 0 Å². The van der Waals surface area contributed by atoms with Crippen molar-refractivity contribution in [3.05, 3.63) is 23.2 Å². The molecule has 0 aliphatic rings. The van der Waals surface area contributed by atoms with Gasteiger partial charge in [0, 0.05) is 5.54 Å². The first-order valence-corrected chi connectivity index (χ1v) is 6.31. The third-order valence-corrected chi connectivity index (χ3v) is 2.80. The summed E-state index contributed by atoms with van der Waals surface area (Å²) in [5.41, 5.74) is 7.69. The van der Waals surface area contributed by atoms with Crippen LogP contribution in [0.2, 0.25) is 5.02 Å². The largest absolute Gasteiger partial charge is 0.397 e. The van der Waals surface area contributed by atoms with Crippen LogP contribution in [-0.4, -0.2) is 5.54 Å². The minimum absolute atomic E-state index is 0.0443. The summed E-state index contributed by atoms with van der Waals surface area (Å²) in [4.78, 5) is 0. The van der Waals surface area contributed by atoms with Crippen molar-refractivity contribution in [1.82, 2.24) is 0 Å². The molecule has 3 heteroatoms. The monoisotopic (exact) mass is 254 g/mol. The van der Waals surface area contributed by atoms with Crippen LogP contribution in [0.15, 0.2) is 18.2 Å². The molecule has 1 rings (SSSR count). The Labute approximate surface area is 110 Å². The number of anilines is 2. The molecule has 0 atom stereocenters. The van der Waals surface area contributed by atoms with Crippen molar-refractivity contribution in [2.24, 2.45) is 5.41 Å². The molecule has 0 amide bonds. The molecule has 0 unspecified atom stereocenters. The summed E-state index contributed by atoms with van der Waals surface area (Å²) in [6.07, 6.45) is 1.03. The molecule has 1 aromatic rings. The van der Waals surface area contributed by atoms with E-state index in [1.54, 1.807) is 0 Å². The Bertz CT molecular complexity index is 371. The summed E-state index contributed by atoms with van der Waals surface area (Å²) in [6, 6.07) is 5.58. The number of hydrogen-bond donors (Lipinski definition) is 2. The zero-order valence-electron chi connectivity index (χ0n) is 11.4. The molecule has 0 aliphatic heterocycles. The van der Waals surface area contributed by atoms with Crippen LogP contribution in [0.25, 0.3) is 0 Å². The predicted octanol–water partition coefficient (Wildman–Crippen LogP) is 4.55. The van der Waals surface area contributed by atoms with Crippen molar-refractivity contribution < 1.29 is 0 Å². The number of nitrogens with one attached hydrogen (secondary N) is 1. The maximum atomic E-state index is 6.16. The summed E-state index contributed by atoms with van der Waals surface area (Å²) in [5, 5.41) is 4.13. The highest BCUT2D eigenvalue weighted by Gasteiger charge is 2.26. The lowest BCUT2D eigenvalue weighted by Gasteiger charge is -2.34. The van der Waals surface area contributed by atoms with Crippen molar-refractivity contribution in [3.8, 4) is 0 Å². The standard InChI is InChI=1S/C14H23ClN2/c1-13(2,3)9-14(4,5)17-12-10(15)7-6-8-11(12)16/h6-8,17H,9,16H2,1-5H3. The number of nitrogens with two attached hydrogens (primary N) is 1. The second-order valence-electron chi connectivity index (χ2n) is 6.45. The zero-order valence-corrected chi connectivity index (χ0v) is 12.2. The fraction of sp³-hybridized carbons (Fsp3) is 0.571. The van der Waals surface area contributed by atoms with Gasteiger partial charge in [0.2, 0.25) is 0 Å². The number of para-hydroxylation sites is 1. The number of nitrogen functional groups attached to an aromatic ring is 1. The molecule has 3 N–H and O–H groups in total. The Morgan fingerprint density at radius 1 is 1.18 bits per heavy atom. The molecule has 0 radical (unpaired) electrons. The molecule has 0 aromatic heterocycles. The Balaban J connectivity index is 2.90. The van der Waals surface area contributed by atoms with Crippen LogP contribution in [0.1, 0.15) is 41.0 Å². The van der Waals surface area contributed by atoms with Crippen LogP contribution in [0, 0.1) is 5.41 Å². The Hall–Kier alpha value is -0.890. The summed E-state index contributed by atoms with van der Waals surface area (Å²) in [6.45, 7) is 11.0. The van der Waals surface area contributed by atoms with Crippen molar-refractivity contribution in [1.29, 1.82) is 0 Å². The SMILES string of the molecule is CC(C)(C)CC(C)(C)Nc1c(N)cccc1Cl. The number of halogens is 1. The molecule has 0 bridgehead atoms. The predicted molar refractivity (Wildman–Crippen MR) is 77.6 cm³/mol. The fourth-order valence-corrected chi connectivity index (χ4v) is 2.61. The zero-order chi connectivity index (χ0) is 13.3. The normalized spacial score (nSPS) is 12.6. The van der Waals surface area contributed by atoms with Crippen molar-refractivity contribution in [2.75, 3.05) is 11.1 Å². The number of hydrogen-bond acceptors (Lipinski definition) is 2. The first-order valence-electron chi connectivity index (χ1n) is 5.93. The molecular weight excluding hydrogens is 232 g/mol. The second kappa shape index (κ2) is 4.77. The average Bonchev–Trinajstić information content (AvgIpc) is 2.07. The number of benzene rings is 1. The van der Waals surface area contributed by atoms with E-state index in [2.05, 4.69) is 39.9 Å². The first-order chi connectivity index (χ1) is 7.61. The minimum Gasteiger partial charge on any atom is -0.397 e. The van der Waals surface area contributed by atoms with Crippen LogP contribution in [-0.2, 0) is 0 Å². The van der Waals surface area contributed by atoms with Crippen LogP contribution in [0.3, 0.4) is 0 Å². The third kappa shape index (κ3) is 4.47. The average molecular weight is 255 g/mol. The highest BCUT2D eigenvalue weighted by atomic mass is 35.5. The first kappa shape index (κ1) is 14.2. The fourth-order valence-electron chi connectivity index (χ4n) is 2.38. The van der Waals surface area contributed by atoms with Gasteiger partial charge in [-0.3, -0.25) is 0 Å².